The number of rotatable bonds is 4. The number of allylic oxidation sites excluding steroid dienone is 1. The van der Waals surface area contributed by atoms with E-state index in [9.17, 15) is 9.59 Å². The number of aromatic carboxylic acids is 1. The van der Waals surface area contributed by atoms with Gasteiger partial charge >= 0.3 is 5.97 Å². The van der Waals surface area contributed by atoms with Gasteiger partial charge in [-0.1, -0.05) is 36.4 Å². The van der Waals surface area contributed by atoms with Crippen LogP contribution < -0.4 is 0 Å². The highest BCUT2D eigenvalue weighted by Crippen LogP contribution is 2.12. The first-order valence-electron chi connectivity index (χ1n) is 6.16. The topological polar surface area (TPSA) is 78.2 Å². The number of nitriles is 1. The molecule has 0 aliphatic heterocycles. The summed E-state index contributed by atoms with van der Waals surface area (Å²) < 4.78 is 0. The molecule has 0 saturated carbocycles. The molecule has 102 valence electrons. The van der Waals surface area contributed by atoms with E-state index < -0.39 is 5.97 Å². The third-order valence-corrected chi connectivity index (χ3v) is 2.89. The largest absolute Gasteiger partial charge is 0.478 e. The van der Waals surface area contributed by atoms with Crippen molar-refractivity contribution in [2.24, 2.45) is 0 Å². The molecule has 0 aliphatic rings. The van der Waals surface area contributed by atoms with Crippen molar-refractivity contribution in [3.63, 3.8) is 0 Å². The lowest BCUT2D eigenvalue weighted by atomic mass is 10.0. The van der Waals surface area contributed by atoms with Crippen LogP contribution in [0.25, 0.3) is 6.08 Å². The van der Waals surface area contributed by atoms with E-state index in [1.165, 1.54) is 18.2 Å². The number of hydrogen-bond donors (Lipinski definition) is 1. The van der Waals surface area contributed by atoms with Gasteiger partial charge in [0, 0.05) is 5.56 Å². The Morgan fingerprint density at radius 1 is 1.00 bits per heavy atom. The number of nitrogens with zero attached hydrogens (tertiary/aromatic N) is 1. The Morgan fingerprint density at radius 2 is 1.62 bits per heavy atom. The number of ketones is 1. The second-order valence-electron chi connectivity index (χ2n) is 4.28. The van der Waals surface area contributed by atoms with Gasteiger partial charge in [-0.2, -0.15) is 5.26 Å². The number of benzene rings is 2. The van der Waals surface area contributed by atoms with Gasteiger partial charge < -0.3 is 5.11 Å². The quantitative estimate of drug-likeness (QED) is 0.687. The summed E-state index contributed by atoms with van der Waals surface area (Å²) in [5.41, 5.74) is 1.42. The summed E-state index contributed by atoms with van der Waals surface area (Å²) in [7, 11) is 0. The van der Waals surface area contributed by atoms with E-state index in [4.69, 9.17) is 10.4 Å². The van der Waals surface area contributed by atoms with Crippen molar-refractivity contribution < 1.29 is 14.7 Å². The summed E-state index contributed by atoms with van der Waals surface area (Å²) >= 11 is 0. The maximum Gasteiger partial charge on any atom is 0.336 e. The lowest BCUT2D eigenvalue weighted by Crippen LogP contribution is -2.06. The predicted octanol–water partition coefficient (Wildman–Crippen LogP) is 3.15. The number of carbonyl (C=O) groups excluding carboxylic acids is 1. The molecule has 1 N–H and O–H groups in total. The molecule has 0 unspecified atom stereocenters. The predicted molar refractivity (Wildman–Crippen MR) is 77.9 cm³/mol. The Bertz CT molecular complexity index is 752. The molecule has 0 aromatic heterocycles. The van der Waals surface area contributed by atoms with Crippen LogP contribution in [0.2, 0.25) is 0 Å². The first-order chi connectivity index (χ1) is 10.1. The molecule has 0 saturated heterocycles. The average molecular weight is 277 g/mol. The van der Waals surface area contributed by atoms with E-state index in [1.807, 2.05) is 6.07 Å². The second kappa shape index (κ2) is 6.31. The molecule has 4 nitrogen and oxygen atoms in total. The zero-order chi connectivity index (χ0) is 15.2. The summed E-state index contributed by atoms with van der Waals surface area (Å²) in [6.07, 6.45) is 2.91. The van der Waals surface area contributed by atoms with Crippen LogP contribution in [-0.4, -0.2) is 16.9 Å². The van der Waals surface area contributed by atoms with E-state index in [2.05, 4.69) is 0 Å². The summed E-state index contributed by atoms with van der Waals surface area (Å²) in [5, 5.41) is 17.8. The van der Waals surface area contributed by atoms with Crippen molar-refractivity contribution in [2.75, 3.05) is 0 Å². The van der Waals surface area contributed by atoms with Gasteiger partial charge in [0.15, 0.2) is 5.78 Å². The van der Waals surface area contributed by atoms with E-state index in [0.717, 1.165) is 5.56 Å². The van der Waals surface area contributed by atoms with Crippen molar-refractivity contribution in [2.45, 2.75) is 0 Å². The summed E-state index contributed by atoms with van der Waals surface area (Å²) in [4.78, 5) is 23.1. The molecular formula is C17H11NO3. The van der Waals surface area contributed by atoms with Gasteiger partial charge in [0.05, 0.1) is 17.2 Å². The van der Waals surface area contributed by atoms with Gasteiger partial charge in [-0.15, -0.1) is 0 Å². The lowest BCUT2D eigenvalue weighted by molar-refractivity contribution is 0.0693. The zero-order valence-corrected chi connectivity index (χ0v) is 11.0. The molecule has 0 amide bonds. The van der Waals surface area contributed by atoms with Gasteiger partial charge in [0.2, 0.25) is 0 Å². The van der Waals surface area contributed by atoms with Crippen LogP contribution >= 0.6 is 0 Å². The van der Waals surface area contributed by atoms with Crippen molar-refractivity contribution in [3.8, 4) is 6.07 Å². The Morgan fingerprint density at radius 3 is 2.19 bits per heavy atom. The normalized spacial score (nSPS) is 10.2. The number of hydrogen-bond acceptors (Lipinski definition) is 3. The maximum absolute atomic E-state index is 12.1. The van der Waals surface area contributed by atoms with Crippen LogP contribution in [0.5, 0.6) is 0 Å². The fourth-order valence-corrected chi connectivity index (χ4v) is 1.81. The molecule has 2 aromatic rings. The van der Waals surface area contributed by atoms with Crippen LogP contribution in [0, 0.1) is 11.3 Å². The second-order valence-corrected chi connectivity index (χ2v) is 4.28. The average Bonchev–Trinajstić information content (AvgIpc) is 2.53. The van der Waals surface area contributed by atoms with Gasteiger partial charge in [0.25, 0.3) is 0 Å². The van der Waals surface area contributed by atoms with E-state index in [1.54, 1.807) is 42.5 Å². The maximum atomic E-state index is 12.1. The van der Waals surface area contributed by atoms with E-state index >= 15 is 0 Å². The van der Waals surface area contributed by atoms with Gasteiger partial charge in [0.1, 0.15) is 0 Å². The lowest BCUT2D eigenvalue weighted by Gasteiger charge is -2.01. The van der Waals surface area contributed by atoms with Crippen LogP contribution in [-0.2, 0) is 0 Å². The Labute approximate surface area is 121 Å². The summed E-state index contributed by atoms with van der Waals surface area (Å²) in [6.45, 7) is 0. The summed E-state index contributed by atoms with van der Waals surface area (Å²) in [6, 6.07) is 14.8. The Hall–Kier alpha value is -3.19. The van der Waals surface area contributed by atoms with Crippen molar-refractivity contribution in [1.82, 2.24) is 0 Å². The standard InChI is InChI=1S/C17H11NO3/c18-11-13-7-5-12(6-8-13)9-10-16(19)14-3-1-2-4-15(14)17(20)21/h1-10H,(H,20,21)/b10-9+. The minimum absolute atomic E-state index is 0.0213. The SMILES string of the molecule is N#Cc1ccc(/C=C/C(=O)c2ccccc2C(=O)O)cc1. The molecule has 21 heavy (non-hydrogen) atoms. The first-order valence-corrected chi connectivity index (χ1v) is 6.16. The van der Waals surface area contributed by atoms with Crippen molar-refractivity contribution in [3.05, 3.63) is 76.9 Å². The van der Waals surface area contributed by atoms with Crippen LogP contribution in [0.1, 0.15) is 31.8 Å². The fraction of sp³-hybridized carbons (Fsp3) is 0. The molecule has 0 spiro atoms. The highest BCUT2D eigenvalue weighted by atomic mass is 16.4. The van der Waals surface area contributed by atoms with E-state index in [-0.39, 0.29) is 16.9 Å². The third-order valence-electron chi connectivity index (χ3n) is 2.89. The molecule has 0 radical (unpaired) electrons. The molecule has 4 heteroatoms. The van der Waals surface area contributed by atoms with Crippen LogP contribution in [0.15, 0.2) is 54.6 Å². The van der Waals surface area contributed by atoms with Gasteiger partial charge in [-0.05, 0) is 29.8 Å². The minimum Gasteiger partial charge on any atom is -0.478 e. The van der Waals surface area contributed by atoms with Crippen LogP contribution in [0.4, 0.5) is 0 Å². The van der Waals surface area contributed by atoms with Gasteiger partial charge in [-0.3, -0.25) is 4.79 Å². The smallest absolute Gasteiger partial charge is 0.336 e. The molecular weight excluding hydrogens is 266 g/mol. The molecule has 2 rings (SSSR count). The van der Waals surface area contributed by atoms with Gasteiger partial charge in [-0.25, -0.2) is 4.79 Å². The van der Waals surface area contributed by atoms with E-state index in [0.29, 0.717) is 5.56 Å². The van der Waals surface area contributed by atoms with Crippen molar-refractivity contribution in [1.29, 1.82) is 5.26 Å². The Balaban J connectivity index is 2.23. The molecule has 2 aromatic carbocycles. The molecule has 0 aliphatic carbocycles. The van der Waals surface area contributed by atoms with Crippen molar-refractivity contribution >= 4 is 17.8 Å². The summed E-state index contributed by atoms with van der Waals surface area (Å²) in [5.74, 6) is -1.51. The Kier molecular flexibility index (Phi) is 4.27. The zero-order valence-electron chi connectivity index (χ0n) is 11.0. The molecule has 0 fully saturated rings. The monoisotopic (exact) mass is 277 g/mol. The number of carbonyl (C=O) groups is 2. The highest BCUT2D eigenvalue weighted by molar-refractivity contribution is 6.12. The third kappa shape index (κ3) is 3.43. The number of carboxylic acid groups (broad SMARTS) is 1. The first kappa shape index (κ1) is 14.2. The minimum atomic E-state index is -1.13. The number of carboxylic acids is 1. The molecule has 0 atom stereocenters. The fourth-order valence-electron chi connectivity index (χ4n) is 1.81. The molecule has 0 bridgehead atoms. The molecule has 0 heterocycles. The highest BCUT2D eigenvalue weighted by Gasteiger charge is 2.13. The van der Waals surface area contributed by atoms with Crippen LogP contribution in [0.3, 0.4) is 0 Å².